The van der Waals surface area contributed by atoms with Crippen LogP contribution < -0.4 is 10.6 Å². The summed E-state index contributed by atoms with van der Waals surface area (Å²) in [6.07, 6.45) is 1.39. The molecule has 2 saturated heterocycles. The Morgan fingerprint density at radius 3 is 2.54 bits per heavy atom. The molecule has 3 amide bonds. The van der Waals surface area contributed by atoms with Crippen LogP contribution in [0, 0.1) is 17.8 Å². The van der Waals surface area contributed by atoms with Gasteiger partial charge in [0.1, 0.15) is 5.54 Å². The van der Waals surface area contributed by atoms with Crippen molar-refractivity contribution >= 4 is 35.0 Å². The summed E-state index contributed by atoms with van der Waals surface area (Å²) in [7, 11) is 0. The van der Waals surface area contributed by atoms with Gasteiger partial charge in [-0.15, -0.1) is 0 Å². The molecule has 3 heterocycles. The third-order valence-electron chi connectivity index (χ3n) is 6.49. The van der Waals surface area contributed by atoms with Gasteiger partial charge >= 0.3 is 0 Å². The number of carbonyl (C=O) groups is 3. The number of halogens is 1. The van der Waals surface area contributed by atoms with E-state index in [1.54, 1.807) is 12.1 Å². The highest BCUT2D eigenvalue weighted by Gasteiger charge is 2.70. The highest BCUT2D eigenvalue weighted by molar-refractivity contribution is 6.35. The molecule has 2 fully saturated rings. The Bertz CT molecular complexity index is 870. The Morgan fingerprint density at radius 2 is 1.89 bits per heavy atom. The Labute approximate surface area is 170 Å². The maximum atomic E-state index is 13.5. The molecule has 7 heteroatoms. The zero-order chi connectivity index (χ0) is 20.4. The number of carbonyl (C=O) groups excluding carboxylic acids is 3. The predicted molar refractivity (Wildman–Crippen MR) is 107 cm³/mol. The zero-order valence-electron chi connectivity index (χ0n) is 16.6. The van der Waals surface area contributed by atoms with E-state index >= 15 is 0 Å². The molecule has 3 aliphatic rings. The number of amides is 3. The third kappa shape index (κ3) is 2.40. The van der Waals surface area contributed by atoms with Gasteiger partial charge in [-0.3, -0.25) is 24.6 Å². The number of anilines is 1. The fourth-order valence-corrected chi connectivity index (χ4v) is 5.36. The van der Waals surface area contributed by atoms with Crippen molar-refractivity contribution in [3.05, 3.63) is 28.8 Å². The van der Waals surface area contributed by atoms with Crippen molar-refractivity contribution in [2.24, 2.45) is 17.8 Å². The molecule has 1 aromatic rings. The number of fused-ring (bicyclic) bond motifs is 4. The Hall–Kier alpha value is -1.92. The first-order valence-corrected chi connectivity index (χ1v) is 10.4. The maximum Gasteiger partial charge on any atom is 0.250 e. The van der Waals surface area contributed by atoms with E-state index in [9.17, 15) is 14.4 Å². The van der Waals surface area contributed by atoms with Crippen molar-refractivity contribution in [2.75, 3.05) is 5.32 Å². The summed E-state index contributed by atoms with van der Waals surface area (Å²) in [5.41, 5.74) is -0.0503. The van der Waals surface area contributed by atoms with Gasteiger partial charge in [0, 0.05) is 17.6 Å². The smallest absolute Gasteiger partial charge is 0.250 e. The molecular weight excluding hydrogens is 378 g/mol. The number of hydrogen-bond acceptors (Lipinski definition) is 4. The molecule has 1 spiro atoms. The molecule has 5 atom stereocenters. The van der Waals surface area contributed by atoms with E-state index in [-0.39, 0.29) is 29.8 Å². The standard InChI is InChI=1S/C21H26ClN3O3/c1-5-11(4)25-18(26)15-14(9-10(2)3)24-21(16(15)19(25)27)12-7-6-8-13(22)17(12)23-20(21)28/h6-8,10-11,14-16,24H,5,9H2,1-4H3,(H,23,28)/t11-,14+,15+,16-,21-/m0/s1. The molecular formula is C21H26ClN3O3. The first-order valence-electron chi connectivity index (χ1n) is 9.99. The second-order valence-electron chi connectivity index (χ2n) is 8.61. The van der Waals surface area contributed by atoms with Crippen LogP contribution in [0.2, 0.25) is 5.02 Å². The van der Waals surface area contributed by atoms with Crippen LogP contribution in [0.1, 0.15) is 46.1 Å². The number of nitrogens with one attached hydrogen (secondary N) is 2. The number of benzene rings is 1. The largest absolute Gasteiger partial charge is 0.323 e. The average molecular weight is 404 g/mol. The fourth-order valence-electron chi connectivity index (χ4n) is 5.14. The van der Waals surface area contributed by atoms with Crippen LogP contribution in [0.5, 0.6) is 0 Å². The van der Waals surface area contributed by atoms with Crippen molar-refractivity contribution in [1.29, 1.82) is 0 Å². The number of nitrogens with zero attached hydrogens (tertiary/aromatic N) is 1. The molecule has 6 nitrogen and oxygen atoms in total. The van der Waals surface area contributed by atoms with Crippen LogP contribution in [0.4, 0.5) is 5.69 Å². The molecule has 3 aliphatic heterocycles. The van der Waals surface area contributed by atoms with Crippen LogP contribution in [-0.4, -0.2) is 34.7 Å². The van der Waals surface area contributed by atoms with Gasteiger partial charge in [-0.05, 0) is 31.7 Å². The fraction of sp³-hybridized carbons (Fsp3) is 0.571. The summed E-state index contributed by atoms with van der Waals surface area (Å²) in [6, 6.07) is 4.88. The third-order valence-corrected chi connectivity index (χ3v) is 6.81. The number of rotatable bonds is 4. The number of imide groups is 1. The second kappa shape index (κ2) is 6.56. The van der Waals surface area contributed by atoms with Crippen LogP contribution in [0.3, 0.4) is 0 Å². The summed E-state index contributed by atoms with van der Waals surface area (Å²) < 4.78 is 0. The normalized spacial score (nSPS) is 32.3. The molecule has 2 N–H and O–H groups in total. The summed E-state index contributed by atoms with van der Waals surface area (Å²) >= 11 is 6.32. The summed E-state index contributed by atoms with van der Waals surface area (Å²) in [5, 5.41) is 6.73. The minimum atomic E-state index is -1.25. The molecule has 0 radical (unpaired) electrons. The Kier molecular flexibility index (Phi) is 4.55. The monoisotopic (exact) mass is 403 g/mol. The topological polar surface area (TPSA) is 78.5 Å². The number of hydrogen-bond donors (Lipinski definition) is 2. The molecule has 28 heavy (non-hydrogen) atoms. The van der Waals surface area contributed by atoms with Crippen molar-refractivity contribution in [1.82, 2.24) is 10.2 Å². The predicted octanol–water partition coefficient (Wildman–Crippen LogP) is 2.91. The van der Waals surface area contributed by atoms with Crippen LogP contribution in [0.25, 0.3) is 0 Å². The van der Waals surface area contributed by atoms with Gasteiger partial charge in [-0.25, -0.2) is 0 Å². The summed E-state index contributed by atoms with van der Waals surface area (Å²) in [4.78, 5) is 41.5. The Morgan fingerprint density at radius 1 is 1.18 bits per heavy atom. The van der Waals surface area contributed by atoms with Crippen LogP contribution in [0.15, 0.2) is 18.2 Å². The summed E-state index contributed by atoms with van der Waals surface area (Å²) in [5.74, 6) is -1.70. The quantitative estimate of drug-likeness (QED) is 0.757. The highest BCUT2D eigenvalue weighted by Crippen LogP contribution is 2.55. The van der Waals surface area contributed by atoms with E-state index in [1.165, 1.54) is 4.90 Å². The lowest BCUT2D eigenvalue weighted by Crippen LogP contribution is -2.54. The summed E-state index contributed by atoms with van der Waals surface area (Å²) in [6.45, 7) is 7.99. The molecule has 4 rings (SSSR count). The van der Waals surface area contributed by atoms with E-state index in [1.807, 2.05) is 19.9 Å². The van der Waals surface area contributed by atoms with Crippen LogP contribution in [-0.2, 0) is 19.9 Å². The molecule has 1 aromatic carbocycles. The second-order valence-corrected chi connectivity index (χ2v) is 9.02. The van der Waals surface area contributed by atoms with E-state index in [0.29, 0.717) is 35.0 Å². The van der Waals surface area contributed by atoms with Crippen LogP contribution >= 0.6 is 11.6 Å². The highest BCUT2D eigenvalue weighted by atomic mass is 35.5. The van der Waals surface area contributed by atoms with E-state index < -0.39 is 17.4 Å². The van der Waals surface area contributed by atoms with E-state index in [0.717, 1.165) is 0 Å². The lowest BCUT2D eigenvalue weighted by atomic mass is 9.76. The van der Waals surface area contributed by atoms with Gasteiger partial charge < -0.3 is 5.32 Å². The number of para-hydroxylation sites is 1. The minimum Gasteiger partial charge on any atom is -0.323 e. The number of likely N-dealkylation sites (tertiary alicyclic amines) is 1. The molecule has 0 aliphatic carbocycles. The molecule has 0 aromatic heterocycles. The van der Waals surface area contributed by atoms with E-state index in [2.05, 4.69) is 24.5 Å². The first-order chi connectivity index (χ1) is 13.2. The molecule has 0 unspecified atom stereocenters. The molecule has 150 valence electrons. The van der Waals surface area contributed by atoms with E-state index in [4.69, 9.17) is 11.6 Å². The lowest BCUT2D eigenvalue weighted by Gasteiger charge is -2.31. The molecule has 0 saturated carbocycles. The first kappa shape index (κ1) is 19.4. The van der Waals surface area contributed by atoms with Crippen molar-refractivity contribution in [3.63, 3.8) is 0 Å². The SMILES string of the molecule is CC[C@H](C)N1C(=O)[C@H]2[C@@H](C1=O)[C@]1(N[C@@H]2CC(C)C)C(=O)Nc2c(Cl)cccc21. The maximum absolute atomic E-state index is 13.5. The van der Waals surface area contributed by atoms with Gasteiger partial charge in [-0.2, -0.15) is 0 Å². The van der Waals surface area contributed by atoms with Crippen molar-refractivity contribution in [2.45, 2.75) is 58.2 Å². The van der Waals surface area contributed by atoms with Crippen molar-refractivity contribution in [3.8, 4) is 0 Å². The van der Waals surface area contributed by atoms with Gasteiger partial charge in [0.05, 0.1) is 22.5 Å². The van der Waals surface area contributed by atoms with Gasteiger partial charge in [-0.1, -0.05) is 44.5 Å². The minimum absolute atomic E-state index is 0.164. The Balaban J connectivity index is 1.89. The van der Waals surface area contributed by atoms with Crippen molar-refractivity contribution < 1.29 is 14.4 Å². The van der Waals surface area contributed by atoms with Gasteiger partial charge in [0.25, 0.3) is 0 Å². The average Bonchev–Trinajstić information content (AvgIpc) is 3.21. The van der Waals surface area contributed by atoms with Gasteiger partial charge in [0.2, 0.25) is 17.7 Å². The molecule has 0 bridgehead atoms. The lowest BCUT2D eigenvalue weighted by molar-refractivity contribution is -0.145. The zero-order valence-corrected chi connectivity index (χ0v) is 17.3. The van der Waals surface area contributed by atoms with Gasteiger partial charge in [0.15, 0.2) is 0 Å².